The van der Waals surface area contributed by atoms with Gasteiger partial charge in [-0.1, -0.05) is 80.6 Å². The van der Waals surface area contributed by atoms with Crippen molar-refractivity contribution >= 4 is 95.5 Å². The average Bonchev–Trinajstić information content (AvgIpc) is 0.838. The Labute approximate surface area is 764 Å². The largest absolute Gasteiger partial charge is 0.464 e. The van der Waals surface area contributed by atoms with Gasteiger partial charge < -0.3 is 128 Å². The fourth-order valence-electron chi connectivity index (χ4n) is 12.9. The van der Waals surface area contributed by atoms with E-state index in [1.54, 1.807) is 160 Å². The second kappa shape index (κ2) is 51.5. The number of benzene rings is 3. The van der Waals surface area contributed by atoms with Crippen LogP contribution in [0.15, 0.2) is 78.9 Å². The van der Waals surface area contributed by atoms with Gasteiger partial charge in [0.2, 0.25) is 53.2 Å². The summed E-state index contributed by atoms with van der Waals surface area (Å²) >= 11 is 0. The third-order valence-electron chi connectivity index (χ3n) is 19.0. The van der Waals surface area contributed by atoms with Gasteiger partial charge in [-0.3, -0.25) is 47.9 Å². The summed E-state index contributed by atoms with van der Waals surface area (Å²) < 4.78 is 45.2. The van der Waals surface area contributed by atoms with Gasteiger partial charge in [0.25, 0.3) is 5.91 Å². The molecule has 3 aromatic rings. The SMILES string of the molecule is CC(C)C[C@@H]1NC(=O)[C@@H](Cc2ccccc2)NC(=O)[C@H](CCNC(=O)OC(C)(C)C)NC(=O)[C@@H](NC(=O)[C@H](CCNC(=O)OC(C)(C)C)NC(=O)[C@@H](NC(=O)[C@H](CCNC(=O)OC(C)(C)C)OC(=O)c2ccc(-c3ccccc3)cc2OC2CCCCO2)C(C)O)CCNC(=O)[C@H]([C@H](C)O)NC(=O)[C@H](CCNC(=O)OC(C)(C)C)NC(=O)[C@H](CCNC(=O)OC(C)(C)C)NC1=O. The molecular formula is C90H137N15O26. The van der Waals surface area contributed by atoms with Crippen molar-refractivity contribution in [3.05, 3.63) is 90.0 Å². The van der Waals surface area contributed by atoms with Gasteiger partial charge in [-0.15, -0.1) is 0 Å². The van der Waals surface area contributed by atoms with Crippen LogP contribution in [0, 0.1) is 5.92 Å². The van der Waals surface area contributed by atoms with Crippen LogP contribution >= 0.6 is 0 Å². The fourth-order valence-corrected chi connectivity index (χ4v) is 12.9. The highest BCUT2D eigenvalue weighted by Crippen LogP contribution is 2.31. The first-order valence-corrected chi connectivity index (χ1v) is 44.1. The predicted octanol–water partition coefficient (Wildman–Crippen LogP) is 4.29. The van der Waals surface area contributed by atoms with Crippen LogP contribution in [-0.2, 0) is 87.5 Å². The van der Waals surface area contributed by atoms with Gasteiger partial charge in [-0.05, 0) is 204 Å². The minimum absolute atomic E-state index is 0.0144. The smallest absolute Gasteiger partial charge is 0.407 e. The van der Waals surface area contributed by atoms with Crippen molar-refractivity contribution in [2.75, 3.05) is 45.9 Å². The van der Waals surface area contributed by atoms with Crippen molar-refractivity contribution in [2.24, 2.45) is 5.92 Å². The van der Waals surface area contributed by atoms with Crippen molar-refractivity contribution < 1.29 is 125 Å². The first-order chi connectivity index (χ1) is 61.1. The Morgan fingerprint density at radius 3 is 1.35 bits per heavy atom. The minimum Gasteiger partial charge on any atom is -0.464 e. The lowest BCUT2D eigenvalue weighted by atomic mass is 10.00. The molecule has 15 amide bonds. The normalized spacial score (nSPS) is 20.2. The molecule has 0 aliphatic carbocycles. The van der Waals surface area contributed by atoms with Gasteiger partial charge >= 0.3 is 36.4 Å². The van der Waals surface area contributed by atoms with Crippen LogP contribution in [0.3, 0.4) is 0 Å². The number of nitrogens with one attached hydrogen (secondary N) is 15. The number of esters is 1. The van der Waals surface area contributed by atoms with E-state index in [9.17, 15) is 63.0 Å². The molecular weight excluding hydrogens is 1710 g/mol. The van der Waals surface area contributed by atoms with Crippen molar-refractivity contribution in [1.82, 2.24) is 79.8 Å². The van der Waals surface area contributed by atoms with Crippen LogP contribution in [0.5, 0.6) is 5.75 Å². The van der Waals surface area contributed by atoms with E-state index in [0.717, 1.165) is 32.3 Å². The fraction of sp³-hybridized carbons (Fsp3) is 0.622. The van der Waals surface area contributed by atoms with E-state index < -0.39 is 280 Å². The number of rotatable bonds is 32. The molecule has 17 N–H and O–H groups in total. The van der Waals surface area contributed by atoms with E-state index in [1.807, 2.05) is 30.3 Å². The quantitative estimate of drug-likeness (QED) is 0.0306. The maximum atomic E-state index is 15.5. The number of hydrogen-bond acceptors (Lipinski definition) is 26. The zero-order valence-corrected chi connectivity index (χ0v) is 78.5. The highest BCUT2D eigenvalue weighted by atomic mass is 16.7. The minimum atomic E-state index is -2.08. The highest BCUT2D eigenvalue weighted by molar-refractivity contribution is 6.00. The molecule has 3 aromatic carbocycles. The number of ether oxygens (including phenoxy) is 8. The zero-order valence-electron chi connectivity index (χ0n) is 78.5. The Bertz CT molecular complexity index is 4340. The maximum absolute atomic E-state index is 15.5. The van der Waals surface area contributed by atoms with Gasteiger partial charge in [0.05, 0.1) is 18.8 Å². The van der Waals surface area contributed by atoms with E-state index in [1.165, 1.54) is 6.07 Å². The molecule has 2 fully saturated rings. The number of carbonyl (C=O) groups excluding carboxylic acids is 16. The first kappa shape index (κ1) is 109. The Hall–Kier alpha value is -12.1. The molecule has 41 heteroatoms. The highest BCUT2D eigenvalue weighted by Gasteiger charge is 2.40. The van der Waals surface area contributed by atoms with Crippen molar-refractivity contribution in [2.45, 2.75) is 309 Å². The van der Waals surface area contributed by atoms with Crippen LogP contribution < -0.4 is 84.5 Å². The molecule has 0 saturated carbocycles. The van der Waals surface area contributed by atoms with Crippen LogP contribution in [0.25, 0.3) is 11.1 Å². The molecule has 2 saturated heterocycles. The summed E-state index contributed by atoms with van der Waals surface area (Å²) in [7, 11) is 0. The van der Waals surface area contributed by atoms with Crippen LogP contribution in [0.4, 0.5) is 24.0 Å². The van der Waals surface area contributed by atoms with Crippen LogP contribution in [0.2, 0.25) is 0 Å². The predicted molar refractivity (Wildman–Crippen MR) is 478 cm³/mol. The van der Waals surface area contributed by atoms with Crippen molar-refractivity contribution in [1.29, 1.82) is 0 Å². The standard InChI is InChI=1S/C90H137N15O26/c1-51(2)48-63-75(113)100-59(36-42-92-81(119)127-86(5,6)7)71(109)99-62(39-45-95-84(122)130-89(14,15)16)74(112)104-68(52(3)106)78(116)91-41-35-58(70(108)98-60(37-43-93-82(120)128-87(8,9)10)73(111)103-64(76(114)102-63)49-54-28-22-20-23-29-54)97-72(110)61(38-44-94-83(121)129-88(11,12)13)101-79(117)69(53(4)107)105-77(115)65(40-46-96-85(123)131-90(17,18)19)126-80(118)57-34-33-56(55-30-24-21-25-31-55)50-66(57)125-67-32-26-27-47-124-67/h20-25,28-31,33-34,50-53,58-65,67-69,106-107H,26-27,32,35-49H2,1-19H3,(H,91,116)(H,92,119)(H,93,120)(H,94,121)(H,95,122)(H,96,123)(H,97,110)(H,98,108)(H,99,109)(H,100,113)(H,101,117)(H,102,114)(H,103,111)(H,104,112)(H,105,115)/t52-,53?,58-,59-,60-,61-,62-,63-,64+,65-,67?,68-,69-/m0/s1. The van der Waals surface area contributed by atoms with Gasteiger partial charge in [0.15, 0.2) is 12.4 Å². The molecule has 728 valence electrons. The molecule has 2 aliphatic rings. The number of amides is 15. The van der Waals surface area contributed by atoms with Gasteiger partial charge in [0, 0.05) is 58.5 Å². The Kier molecular flexibility index (Phi) is 43.0. The topological polar surface area (TPSA) is 568 Å². The molecule has 2 aliphatic heterocycles. The molecule has 2 unspecified atom stereocenters. The lowest BCUT2D eigenvalue weighted by Crippen LogP contribution is -2.62. The lowest BCUT2D eigenvalue weighted by Gasteiger charge is -2.29. The second-order valence-corrected chi connectivity index (χ2v) is 37.3. The lowest BCUT2D eigenvalue weighted by molar-refractivity contribution is -0.138. The van der Waals surface area contributed by atoms with E-state index in [-0.39, 0.29) is 30.7 Å². The number of aliphatic hydroxyl groups is 2. The summed E-state index contributed by atoms with van der Waals surface area (Å²) in [6.45, 7) is 27.0. The number of carbonyl (C=O) groups is 16. The third kappa shape index (κ3) is 42.1. The maximum Gasteiger partial charge on any atom is 0.407 e. The molecule has 0 aromatic heterocycles. The molecule has 0 radical (unpaired) electrons. The summed E-state index contributed by atoms with van der Waals surface area (Å²) in [4.78, 5) is 231. The summed E-state index contributed by atoms with van der Waals surface area (Å²) in [5, 5.41) is 60.9. The van der Waals surface area contributed by atoms with Gasteiger partial charge in [0.1, 0.15) is 93.7 Å². The third-order valence-corrected chi connectivity index (χ3v) is 19.0. The molecule has 0 spiro atoms. The summed E-state index contributed by atoms with van der Waals surface area (Å²) in [6, 6.07) is 5.52. The molecule has 5 rings (SSSR count). The molecule has 13 atom stereocenters. The summed E-state index contributed by atoms with van der Waals surface area (Å²) in [5.74, 6) is -13.1. The number of alkyl carbamates (subject to hydrolysis) is 5. The molecule has 2 heterocycles. The van der Waals surface area contributed by atoms with E-state index in [4.69, 9.17) is 37.9 Å². The molecule has 131 heavy (non-hydrogen) atoms. The summed E-state index contributed by atoms with van der Waals surface area (Å²) in [6.07, 6.45) is -12.9. The van der Waals surface area contributed by atoms with Crippen molar-refractivity contribution in [3.63, 3.8) is 0 Å². The Morgan fingerprint density at radius 1 is 0.458 bits per heavy atom. The van der Waals surface area contributed by atoms with Crippen LogP contribution in [0.1, 0.15) is 212 Å². The molecule has 0 bridgehead atoms. The zero-order chi connectivity index (χ0) is 97.9. The Morgan fingerprint density at radius 2 is 0.893 bits per heavy atom. The van der Waals surface area contributed by atoms with Crippen LogP contribution in [-0.4, -0.2) is 259 Å². The summed E-state index contributed by atoms with van der Waals surface area (Å²) in [5.41, 5.74) is -3.43. The second-order valence-electron chi connectivity index (χ2n) is 37.3. The monoisotopic (exact) mass is 1840 g/mol. The number of hydrogen-bond donors (Lipinski definition) is 17. The van der Waals surface area contributed by atoms with E-state index in [2.05, 4.69) is 79.8 Å². The van der Waals surface area contributed by atoms with Gasteiger partial charge in [-0.2, -0.15) is 0 Å². The first-order valence-electron chi connectivity index (χ1n) is 44.1. The average molecular weight is 1850 g/mol. The van der Waals surface area contributed by atoms with E-state index in [0.29, 0.717) is 24.2 Å². The number of aliphatic hydroxyl groups excluding tert-OH is 2. The van der Waals surface area contributed by atoms with Crippen molar-refractivity contribution in [3.8, 4) is 16.9 Å². The van der Waals surface area contributed by atoms with E-state index >= 15 is 24.0 Å². The van der Waals surface area contributed by atoms with Gasteiger partial charge in [-0.25, -0.2) is 28.8 Å². The Balaban J connectivity index is 1.68. The molecule has 41 nitrogen and oxygen atoms in total.